The molecule has 2 heterocycles. The highest BCUT2D eigenvalue weighted by atomic mass is 15.2. The van der Waals surface area contributed by atoms with Crippen molar-refractivity contribution in [1.82, 2.24) is 9.13 Å². The fourth-order valence-corrected chi connectivity index (χ4v) is 14.7. The molecule has 80 heavy (non-hydrogen) atoms. The normalized spacial score (nSPS) is 13.6. The second-order valence-electron chi connectivity index (χ2n) is 22.6. The van der Waals surface area contributed by atoms with Crippen LogP contribution in [0.4, 0.5) is 34.1 Å². The maximum absolute atomic E-state index is 2.62. The third kappa shape index (κ3) is 7.14. The van der Waals surface area contributed by atoms with Gasteiger partial charge in [0.25, 0.3) is 0 Å². The topological polar surface area (TPSA) is 16.3 Å². The van der Waals surface area contributed by atoms with Gasteiger partial charge in [0, 0.05) is 66.4 Å². The summed E-state index contributed by atoms with van der Waals surface area (Å²) in [6, 6.07) is 83.7. The van der Waals surface area contributed by atoms with Gasteiger partial charge in [-0.2, -0.15) is 0 Å². The fraction of sp³-hybridized carbons (Fsp3) is 0.158. The van der Waals surface area contributed by atoms with Crippen molar-refractivity contribution in [3.63, 3.8) is 0 Å². The number of aromatic nitrogens is 2. The Morgan fingerprint density at radius 3 is 1.20 bits per heavy atom. The number of benzene rings is 12. The lowest BCUT2D eigenvalue weighted by molar-refractivity contribution is 0.686. The number of aryl methyl sites for hydroxylation is 4. The summed E-state index contributed by atoms with van der Waals surface area (Å²) in [6.45, 7) is 4.55. The summed E-state index contributed by atoms with van der Waals surface area (Å²) in [5.74, 6) is 0. The van der Waals surface area contributed by atoms with Crippen molar-refractivity contribution >= 4 is 110 Å². The Balaban J connectivity index is 0.949. The van der Waals surface area contributed by atoms with Gasteiger partial charge in [0.15, 0.2) is 0 Å². The van der Waals surface area contributed by atoms with Gasteiger partial charge in [-0.1, -0.05) is 159 Å². The molecule has 0 spiro atoms. The van der Waals surface area contributed by atoms with E-state index in [0.717, 1.165) is 38.5 Å². The first-order chi connectivity index (χ1) is 39.6. The van der Waals surface area contributed by atoms with E-state index < -0.39 is 0 Å². The van der Waals surface area contributed by atoms with Crippen LogP contribution in [-0.4, -0.2) is 9.13 Å². The number of fused-ring (bicyclic) bond motifs is 8. The van der Waals surface area contributed by atoms with Gasteiger partial charge in [0.2, 0.25) is 0 Å². The molecule has 2 aliphatic carbocycles. The molecule has 12 aromatic carbocycles. The third-order valence-corrected chi connectivity index (χ3v) is 18.4. The number of hydrogen-bond donors (Lipinski definition) is 0. The molecule has 0 fully saturated rings. The summed E-state index contributed by atoms with van der Waals surface area (Å²) >= 11 is 0. The molecular formula is C76H62N4. The predicted octanol–water partition coefficient (Wildman–Crippen LogP) is 20.6. The van der Waals surface area contributed by atoms with Crippen molar-refractivity contribution < 1.29 is 0 Å². The van der Waals surface area contributed by atoms with E-state index in [0.29, 0.717) is 0 Å². The molecule has 16 rings (SSSR count). The molecule has 0 bridgehead atoms. The molecule has 0 saturated carbocycles. The van der Waals surface area contributed by atoms with Crippen molar-refractivity contribution in [2.45, 2.75) is 78.1 Å². The Bertz CT molecular complexity index is 4480. The van der Waals surface area contributed by atoms with Crippen molar-refractivity contribution in [3.05, 3.63) is 252 Å². The van der Waals surface area contributed by atoms with E-state index >= 15 is 0 Å². The van der Waals surface area contributed by atoms with Gasteiger partial charge in [0.05, 0.1) is 33.4 Å². The Morgan fingerprint density at radius 2 is 0.725 bits per heavy atom. The van der Waals surface area contributed by atoms with Crippen molar-refractivity contribution in [2.24, 2.45) is 0 Å². The van der Waals surface area contributed by atoms with Gasteiger partial charge >= 0.3 is 0 Å². The summed E-state index contributed by atoms with van der Waals surface area (Å²) in [5.41, 5.74) is 23.3. The van der Waals surface area contributed by atoms with Crippen LogP contribution in [0.15, 0.2) is 218 Å². The molecular weight excluding hydrogens is 969 g/mol. The number of anilines is 6. The Hall–Kier alpha value is -9.12. The smallest absolute Gasteiger partial charge is 0.0562 e. The van der Waals surface area contributed by atoms with Crippen LogP contribution in [0, 0.1) is 0 Å². The molecule has 2 aromatic heterocycles. The van der Waals surface area contributed by atoms with E-state index in [1.54, 1.807) is 0 Å². The highest BCUT2D eigenvalue weighted by molar-refractivity contribution is 6.28. The summed E-state index contributed by atoms with van der Waals surface area (Å²) < 4.78 is 5.04. The zero-order valence-electron chi connectivity index (χ0n) is 45.6. The average Bonchev–Trinajstić information content (AvgIpc) is 4.07. The van der Waals surface area contributed by atoms with Crippen LogP contribution in [0.25, 0.3) is 87.3 Å². The van der Waals surface area contributed by atoms with Crippen LogP contribution in [0.1, 0.15) is 72.9 Å². The molecule has 0 aliphatic heterocycles. The monoisotopic (exact) mass is 1030 g/mol. The standard InChI is InChI=1S/C76H62N4/c1-3-49-19-7-13-29-65(49)79-69-31-15-11-27-59(69)61-43-39-55(47-73(61)79)77(67-33-17-23-51-21-5-9-25-57(51)67)71-45-37-53-36-42-64-72(46-38-54-35-41-63(71)75(53)76(54)64)78(68-34-18-24-52-22-6-10-26-58(52)68)56-40-44-62-60-28-12-16-32-70(60)80(74(62)48-56)66-30-14-8-20-50(66)4-2/h7-8,11-20,23-24,27-48H,3-6,9-10,21-22,25-26H2,1-2H3. The molecule has 14 aromatic rings. The second kappa shape index (κ2) is 18.8. The van der Waals surface area contributed by atoms with Crippen LogP contribution in [0.2, 0.25) is 0 Å². The Kier molecular flexibility index (Phi) is 11.0. The van der Waals surface area contributed by atoms with Crippen LogP contribution in [0.5, 0.6) is 0 Å². The van der Waals surface area contributed by atoms with E-state index in [1.807, 2.05) is 0 Å². The van der Waals surface area contributed by atoms with Crippen molar-refractivity contribution in [3.8, 4) is 11.4 Å². The van der Waals surface area contributed by atoms with Crippen LogP contribution in [0.3, 0.4) is 0 Å². The zero-order valence-corrected chi connectivity index (χ0v) is 45.6. The second-order valence-corrected chi connectivity index (χ2v) is 22.6. The number of hydrogen-bond acceptors (Lipinski definition) is 2. The molecule has 0 atom stereocenters. The first kappa shape index (κ1) is 46.9. The van der Waals surface area contributed by atoms with Crippen LogP contribution in [-0.2, 0) is 38.5 Å². The minimum Gasteiger partial charge on any atom is -0.310 e. The van der Waals surface area contributed by atoms with Crippen LogP contribution < -0.4 is 9.80 Å². The summed E-state index contributed by atoms with van der Waals surface area (Å²) in [5, 5.41) is 12.7. The molecule has 4 heteroatoms. The number of para-hydroxylation sites is 4. The lowest BCUT2D eigenvalue weighted by atomic mass is 9.88. The van der Waals surface area contributed by atoms with E-state index in [1.165, 1.54) is 180 Å². The number of nitrogens with zero attached hydrogens (tertiary/aromatic N) is 4. The molecule has 0 N–H and O–H groups in total. The number of rotatable bonds is 10. The lowest BCUT2D eigenvalue weighted by Crippen LogP contribution is -2.16. The fourth-order valence-electron chi connectivity index (χ4n) is 14.7. The molecule has 0 unspecified atom stereocenters. The summed E-state index contributed by atoms with van der Waals surface area (Å²) in [6.07, 6.45) is 11.1. The SMILES string of the molecule is CCc1ccccc1-n1c2ccccc2c2ccc(N(c3cccc4c3CCCC4)c3ccc4ccc5c(N(c6ccc7c8ccccc8n(-c8ccccc8CC)c7c6)c6cccc7c6CCCC7)ccc6ccc3c4c65)cc21. The molecule has 0 amide bonds. The minimum absolute atomic E-state index is 0.955. The maximum atomic E-state index is 2.62. The van der Waals surface area contributed by atoms with Gasteiger partial charge in [-0.3, -0.25) is 0 Å². The Morgan fingerprint density at radius 1 is 0.325 bits per heavy atom. The lowest BCUT2D eigenvalue weighted by Gasteiger charge is -2.33. The largest absolute Gasteiger partial charge is 0.310 e. The predicted molar refractivity (Wildman–Crippen MR) is 340 cm³/mol. The van der Waals surface area contributed by atoms with Crippen LogP contribution >= 0.6 is 0 Å². The summed E-state index contributed by atoms with van der Waals surface area (Å²) in [4.78, 5) is 5.25. The van der Waals surface area contributed by atoms with Gasteiger partial charge in [-0.15, -0.1) is 0 Å². The van der Waals surface area contributed by atoms with E-state index in [2.05, 4.69) is 251 Å². The van der Waals surface area contributed by atoms with E-state index in [4.69, 9.17) is 0 Å². The molecule has 4 nitrogen and oxygen atoms in total. The highest BCUT2D eigenvalue weighted by Crippen LogP contribution is 2.51. The highest BCUT2D eigenvalue weighted by Gasteiger charge is 2.28. The van der Waals surface area contributed by atoms with Gasteiger partial charge in [-0.25, -0.2) is 0 Å². The van der Waals surface area contributed by atoms with Crippen molar-refractivity contribution in [1.29, 1.82) is 0 Å². The minimum atomic E-state index is 0.955. The van der Waals surface area contributed by atoms with Gasteiger partial charge in [-0.05, 0) is 192 Å². The maximum Gasteiger partial charge on any atom is 0.0562 e. The zero-order chi connectivity index (χ0) is 53.0. The van der Waals surface area contributed by atoms with E-state index in [-0.39, 0.29) is 0 Å². The first-order valence-electron chi connectivity index (χ1n) is 29.4. The van der Waals surface area contributed by atoms with E-state index in [9.17, 15) is 0 Å². The first-order valence-corrected chi connectivity index (χ1v) is 29.4. The Labute approximate surface area is 467 Å². The third-order valence-electron chi connectivity index (χ3n) is 18.4. The molecule has 0 radical (unpaired) electrons. The van der Waals surface area contributed by atoms with Crippen molar-refractivity contribution in [2.75, 3.05) is 9.80 Å². The summed E-state index contributed by atoms with van der Waals surface area (Å²) in [7, 11) is 0. The average molecular weight is 1030 g/mol. The van der Waals surface area contributed by atoms with Gasteiger partial charge in [0.1, 0.15) is 0 Å². The molecule has 386 valence electrons. The molecule has 2 aliphatic rings. The quantitative estimate of drug-likeness (QED) is 0.127. The molecule has 0 saturated heterocycles. The van der Waals surface area contributed by atoms with Gasteiger partial charge < -0.3 is 18.9 Å².